The van der Waals surface area contributed by atoms with Crippen molar-refractivity contribution in [2.24, 2.45) is 10.7 Å². The number of rotatable bonds is 2. The van der Waals surface area contributed by atoms with E-state index < -0.39 is 0 Å². The number of benzene rings is 2. The lowest BCUT2D eigenvalue weighted by atomic mass is 10.0. The third-order valence-electron chi connectivity index (χ3n) is 4.24. The quantitative estimate of drug-likeness (QED) is 0.762. The topological polar surface area (TPSA) is 68.2 Å². The highest BCUT2D eigenvalue weighted by Crippen LogP contribution is 2.32. The lowest BCUT2D eigenvalue weighted by Gasteiger charge is -2.24. The highest BCUT2D eigenvalue weighted by molar-refractivity contribution is 5.94. The molecule has 0 spiro atoms. The van der Waals surface area contributed by atoms with E-state index in [1.165, 1.54) is 5.56 Å². The van der Waals surface area contributed by atoms with Gasteiger partial charge in [-0.2, -0.15) is 0 Å². The molecule has 116 valence electrons. The zero-order valence-electron chi connectivity index (χ0n) is 13.2. The zero-order chi connectivity index (χ0) is 16.0. The van der Waals surface area contributed by atoms with Crippen molar-refractivity contribution in [2.75, 3.05) is 5.32 Å². The van der Waals surface area contributed by atoms with Gasteiger partial charge >= 0.3 is 0 Å². The summed E-state index contributed by atoms with van der Waals surface area (Å²) in [5, 5.41) is 3.06. The van der Waals surface area contributed by atoms with Crippen LogP contribution in [-0.2, 0) is 0 Å². The fourth-order valence-electron chi connectivity index (χ4n) is 2.99. The minimum Gasteiger partial charge on any atom is -0.370 e. The van der Waals surface area contributed by atoms with Crippen LogP contribution in [0.15, 0.2) is 53.5 Å². The fraction of sp³-hybridized carbons (Fsp3) is 0.222. The molecule has 1 aliphatic rings. The Morgan fingerprint density at radius 1 is 1.09 bits per heavy atom. The number of guanidine groups is 1. The largest absolute Gasteiger partial charge is 0.370 e. The number of anilines is 1. The van der Waals surface area contributed by atoms with Crippen LogP contribution in [0, 0.1) is 0 Å². The predicted molar refractivity (Wildman–Crippen MR) is 93.6 cm³/mol. The van der Waals surface area contributed by atoms with Gasteiger partial charge in [-0.3, -0.25) is 9.88 Å². The molecule has 0 saturated heterocycles. The smallest absolute Gasteiger partial charge is 0.212 e. The summed E-state index contributed by atoms with van der Waals surface area (Å²) in [4.78, 5) is 9.21. The van der Waals surface area contributed by atoms with Crippen molar-refractivity contribution in [2.45, 2.75) is 25.9 Å². The lowest BCUT2D eigenvalue weighted by Crippen LogP contribution is -2.31. The van der Waals surface area contributed by atoms with Crippen molar-refractivity contribution in [1.29, 1.82) is 0 Å². The van der Waals surface area contributed by atoms with Crippen molar-refractivity contribution in [3.05, 3.63) is 59.7 Å². The molecule has 0 amide bonds. The van der Waals surface area contributed by atoms with E-state index in [0.29, 0.717) is 11.9 Å². The van der Waals surface area contributed by atoms with Crippen molar-refractivity contribution >= 4 is 22.9 Å². The van der Waals surface area contributed by atoms with Crippen LogP contribution in [0.2, 0.25) is 0 Å². The Balaban J connectivity index is 1.86. The van der Waals surface area contributed by atoms with Crippen LogP contribution in [0.4, 0.5) is 5.95 Å². The summed E-state index contributed by atoms with van der Waals surface area (Å²) >= 11 is 0. The van der Waals surface area contributed by atoms with Crippen LogP contribution < -0.4 is 11.1 Å². The van der Waals surface area contributed by atoms with Gasteiger partial charge in [-0.1, -0.05) is 50.2 Å². The van der Waals surface area contributed by atoms with Crippen LogP contribution in [0.3, 0.4) is 0 Å². The van der Waals surface area contributed by atoms with Crippen molar-refractivity contribution < 1.29 is 0 Å². The van der Waals surface area contributed by atoms with Gasteiger partial charge in [0.1, 0.15) is 0 Å². The molecule has 5 nitrogen and oxygen atoms in total. The van der Waals surface area contributed by atoms with Gasteiger partial charge in [0, 0.05) is 0 Å². The summed E-state index contributed by atoms with van der Waals surface area (Å²) in [5.41, 5.74) is 10.4. The predicted octanol–water partition coefficient (Wildman–Crippen LogP) is 3.45. The third-order valence-corrected chi connectivity index (χ3v) is 4.24. The summed E-state index contributed by atoms with van der Waals surface area (Å²) in [5.74, 6) is 1.64. The SMILES string of the molecule is CC(C)c1ccc([C@H]2N=C(N)Nc3nc4ccccc4n32)cc1. The van der Waals surface area contributed by atoms with Gasteiger partial charge in [0.2, 0.25) is 5.95 Å². The van der Waals surface area contributed by atoms with Crippen LogP contribution in [0.1, 0.15) is 37.1 Å². The number of imidazole rings is 1. The molecule has 0 bridgehead atoms. The van der Waals surface area contributed by atoms with E-state index in [2.05, 4.69) is 64.0 Å². The second kappa shape index (κ2) is 5.12. The molecule has 5 heteroatoms. The molecule has 0 aliphatic carbocycles. The number of nitrogens with one attached hydrogen (secondary N) is 1. The average Bonchev–Trinajstić information content (AvgIpc) is 2.92. The molecule has 0 radical (unpaired) electrons. The third kappa shape index (κ3) is 2.25. The first kappa shape index (κ1) is 13.8. The summed E-state index contributed by atoms with van der Waals surface area (Å²) in [7, 11) is 0. The molecular formula is C18H19N5. The molecule has 3 N–H and O–H groups in total. The van der Waals surface area contributed by atoms with Gasteiger partial charge in [-0.25, -0.2) is 9.98 Å². The summed E-state index contributed by atoms with van der Waals surface area (Å²) in [6, 6.07) is 16.6. The maximum absolute atomic E-state index is 5.96. The Hall–Kier alpha value is -2.82. The minimum atomic E-state index is -0.195. The second-order valence-electron chi connectivity index (χ2n) is 6.13. The van der Waals surface area contributed by atoms with Crippen molar-refractivity contribution in [3.63, 3.8) is 0 Å². The monoisotopic (exact) mass is 305 g/mol. The molecule has 4 rings (SSSR count). The number of aliphatic imine (C=N–C) groups is 1. The number of aromatic nitrogens is 2. The van der Waals surface area contributed by atoms with Crippen LogP contribution in [-0.4, -0.2) is 15.5 Å². The maximum atomic E-state index is 5.96. The van der Waals surface area contributed by atoms with Gasteiger partial charge in [-0.15, -0.1) is 0 Å². The van der Waals surface area contributed by atoms with Crippen LogP contribution in [0.25, 0.3) is 11.0 Å². The number of para-hydroxylation sites is 2. The first-order valence-corrected chi connectivity index (χ1v) is 7.80. The highest BCUT2D eigenvalue weighted by atomic mass is 15.4. The zero-order valence-corrected chi connectivity index (χ0v) is 13.2. The van der Waals surface area contributed by atoms with E-state index in [1.54, 1.807) is 0 Å². The molecule has 0 saturated carbocycles. The van der Waals surface area contributed by atoms with Gasteiger partial charge in [-0.05, 0) is 29.2 Å². The Kier molecular flexibility index (Phi) is 3.08. The first-order valence-electron chi connectivity index (χ1n) is 7.80. The molecule has 0 unspecified atom stereocenters. The van der Waals surface area contributed by atoms with E-state index in [1.807, 2.05) is 18.2 Å². The van der Waals surface area contributed by atoms with Gasteiger partial charge in [0.25, 0.3) is 0 Å². The molecule has 2 heterocycles. The van der Waals surface area contributed by atoms with Gasteiger partial charge < -0.3 is 5.73 Å². The van der Waals surface area contributed by atoms with Crippen molar-refractivity contribution in [1.82, 2.24) is 9.55 Å². The maximum Gasteiger partial charge on any atom is 0.212 e. The number of nitrogens with two attached hydrogens (primary N) is 1. The fourth-order valence-corrected chi connectivity index (χ4v) is 2.99. The standard InChI is InChI=1S/C18H19N5/c1-11(2)12-7-9-13(10-8-12)16-21-17(19)22-18-20-14-5-3-4-6-15(14)23(16)18/h3-11,16H,1-2H3,(H3,19,20,21,22)/t16-/m0/s1. The molecule has 3 aromatic rings. The highest BCUT2D eigenvalue weighted by Gasteiger charge is 2.24. The average molecular weight is 305 g/mol. The molecule has 0 fully saturated rings. The minimum absolute atomic E-state index is 0.195. The summed E-state index contributed by atoms with van der Waals surface area (Å²) < 4.78 is 2.09. The van der Waals surface area contributed by atoms with Crippen LogP contribution >= 0.6 is 0 Å². The molecule has 1 atom stereocenters. The van der Waals surface area contributed by atoms with Crippen molar-refractivity contribution in [3.8, 4) is 0 Å². The molecule has 23 heavy (non-hydrogen) atoms. The lowest BCUT2D eigenvalue weighted by molar-refractivity contribution is 0.625. The normalized spacial score (nSPS) is 17.0. The number of fused-ring (bicyclic) bond motifs is 3. The van der Waals surface area contributed by atoms with E-state index in [0.717, 1.165) is 22.5 Å². The first-order chi connectivity index (χ1) is 11.1. The number of nitrogens with zero attached hydrogens (tertiary/aromatic N) is 3. The van der Waals surface area contributed by atoms with E-state index in [-0.39, 0.29) is 6.17 Å². The second-order valence-corrected chi connectivity index (χ2v) is 6.13. The van der Waals surface area contributed by atoms with E-state index in [9.17, 15) is 0 Å². The molecule has 1 aliphatic heterocycles. The van der Waals surface area contributed by atoms with Crippen LogP contribution in [0.5, 0.6) is 0 Å². The van der Waals surface area contributed by atoms with Gasteiger partial charge in [0.15, 0.2) is 12.1 Å². The Labute approximate surface area is 134 Å². The Morgan fingerprint density at radius 3 is 2.57 bits per heavy atom. The summed E-state index contributed by atoms with van der Waals surface area (Å²) in [6.45, 7) is 4.38. The van der Waals surface area contributed by atoms with E-state index >= 15 is 0 Å². The molecule has 2 aromatic carbocycles. The summed E-state index contributed by atoms with van der Waals surface area (Å²) in [6.07, 6.45) is -0.195. The Morgan fingerprint density at radius 2 is 1.83 bits per heavy atom. The Bertz CT molecular complexity index is 889. The molecular weight excluding hydrogens is 286 g/mol. The number of hydrogen-bond donors (Lipinski definition) is 2. The molecule has 1 aromatic heterocycles. The van der Waals surface area contributed by atoms with Gasteiger partial charge in [0.05, 0.1) is 11.0 Å². The number of hydrogen-bond acceptors (Lipinski definition) is 4. The van der Waals surface area contributed by atoms with E-state index in [4.69, 9.17) is 5.73 Å².